The lowest BCUT2D eigenvalue weighted by molar-refractivity contribution is -0.0724. The lowest BCUT2D eigenvalue weighted by Crippen LogP contribution is -2.49. The molecule has 1 N–H and O–H groups in total. The van der Waals surface area contributed by atoms with E-state index in [0.717, 1.165) is 13.0 Å². The van der Waals surface area contributed by atoms with Crippen molar-refractivity contribution in [3.05, 3.63) is 35.4 Å². The SMILES string of the molecule is CCCN1CCOC(CNC)C1c1c(F)cccc1F. The minimum Gasteiger partial charge on any atom is -0.374 e. The van der Waals surface area contributed by atoms with Crippen LogP contribution in [-0.4, -0.2) is 44.3 Å². The molecule has 0 amide bonds. The molecular weight excluding hydrogens is 262 g/mol. The van der Waals surface area contributed by atoms with Gasteiger partial charge in [-0.1, -0.05) is 13.0 Å². The summed E-state index contributed by atoms with van der Waals surface area (Å²) >= 11 is 0. The minimum atomic E-state index is -0.497. The van der Waals surface area contributed by atoms with Crippen LogP contribution in [0.2, 0.25) is 0 Å². The molecule has 0 aromatic heterocycles. The van der Waals surface area contributed by atoms with E-state index in [9.17, 15) is 8.78 Å². The van der Waals surface area contributed by atoms with E-state index in [-0.39, 0.29) is 17.7 Å². The summed E-state index contributed by atoms with van der Waals surface area (Å²) in [6, 6.07) is 3.65. The first-order chi connectivity index (χ1) is 9.69. The molecule has 1 aromatic carbocycles. The number of ether oxygens (including phenoxy) is 1. The molecule has 1 aliphatic rings. The van der Waals surface area contributed by atoms with E-state index in [2.05, 4.69) is 17.1 Å². The molecule has 1 saturated heterocycles. The summed E-state index contributed by atoms with van der Waals surface area (Å²) in [5.41, 5.74) is 0.126. The van der Waals surface area contributed by atoms with Gasteiger partial charge < -0.3 is 10.1 Å². The normalized spacial score (nSPS) is 24.0. The highest BCUT2D eigenvalue weighted by molar-refractivity contribution is 5.25. The monoisotopic (exact) mass is 284 g/mol. The second-order valence-electron chi connectivity index (χ2n) is 5.08. The summed E-state index contributed by atoms with van der Waals surface area (Å²) in [4.78, 5) is 2.12. The van der Waals surface area contributed by atoms with Crippen LogP contribution in [0.25, 0.3) is 0 Å². The highest BCUT2D eigenvalue weighted by Gasteiger charge is 2.36. The van der Waals surface area contributed by atoms with Crippen molar-refractivity contribution in [1.29, 1.82) is 0 Å². The molecule has 1 aromatic rings. The molecule has 112 valence electrons. The van der Waals surface area contributed by atoms with Crippen molar-refractivity contribution in [2.75, 3.05) is 33.3 Å². The van der Waals surface area contributed by atoms with Gasteiger partial charge in [-0.05, 0) is 32.1 Å². The molecule has 2 unspecified atom stereocenters. The summed E-state index contributed by atoms with van der Waals surface area (Å²) in [7, 11) is 1.82. The Balaban J connectivity index is 2.38. The number of hydrogen-bond acceptors (Lipinski definition) is 3. The smallest absolute Gasteiger partial charge is 0.131 e. The molecule has 1 aliphatic heterocycles. The predicted octanol–water partition coefficient (Wildman–Crippen LogP) is 2.34. The van der Waals surface area contributed by atoms with Crippen LogP contribution in [0.4, 0.5) is 8.78 Å². The highest BCUT2D eigenvalue weighted by Crippen LogP contribution is 2.32. The van der Waals surface area contributed by atoms with E-state index in [4.69, 9.17) is 4.74 Å². The van der Waals surface area contributed by atoms with Gasteiger partial charge in [0.1, 0.15) is 11.6 Å². The number of rotatable bonds is 5. The van der Waals surface area contributed by atoms with Gasteiger partial charge >= 0.3 is 0 Å². The molecule has 0 radical (unpaired) electrons. The van der Waals surface area contributed by atoms with Gasteiger partial charge in [0.15, 0.2) is 0 Å². The average Bonchev–Trinajstić information content (AvgIpc) is 2.42. The van der Waals surface area contributed by atoms with E-state index in [1.54, 1.807) is 0 Å². The lowest BCUT2D eigenvalue weighted by atomic mass is 9.96. The van der Waals surface area contributed by atoms with E-state index in [1.807, 2.05) is 7.05 Å². The number of morpholine rings is 1. The van der Waals surface area contributed by atoms with Crippen molar-refractivity contribution >= 4 is 0 Å². The maximum Gasteiger partial charge on any atom is 0.131 e. The van der Waals surface area contributed by atoms with E-state index >= 15 is 0 Å². The Bertz CT molecular complexity index is 404. The number of hydrogen-bond donors (Lipinski definition) is 1. The summed E-state index contributed by atoms with van der Waals surface area (Å²) in [5.74, 6) is -0.995. The zero-order chi connectivity index (χ0) is 14.5. The quantitative estimate of drug-likeness (QED) is 0.898. The minimum absolute atomic E-state index is 0.126. The van der Waals surface area contributed by atoms with Crippen LogP contribution >= 0.6 is 0 Å². The molecule has 20 heavy (non-hydrogen) atoms. The van der Waals surface area contributed by atoms with Crippen LogP contribution in [0, 0.1) is 11.6 Å². The predicted molar refractivity (Wildman–Crippen MR) is 74.6 cm³/mol. The molecule has 3 nitrogen and oxygen atoms in total. The van der Waals surface area contributed by atoms with E-state index < -0.39 is 11.6 Å². The maximum atomic E-state index is 14.1. The Morgan fingerprint density at radius 1 is 1.35 bits per heavy atom. The molecule has 0 aliphatic carbocycles. The van der Waals surface area contributed by atoms with E-state index in [0.29, 0.717) is 19.7 Å². The fraction of sp³-hybridized carbons (Fsp3) is 0.600. The Morgan fingerprint density at radius 3 is 2.65 bits per heavy atom. The fourth-order valence-electron chi connectivity index (χ4n) is 2.86. The third-order valence-corrected chi connectivity index (χ3v) is 3.67. The summed E-state index contributed by atoms with van der Waals surface area (Å²) in [5, 5.41) is 3.04. The van der Waals surface area contributed by atoms with Gasteiger partial charge in [-0.15, -0.1) is 0 Å². The molecule has 5 heteroatoms. The van der Waals surface area contributed by atoms with Crippen molar-refractivity contribution in [2.24, 2.45) is 0 Å². The van der Waals surface area contributed by atoms with Crippen molar-refractivity contribution in [3.8, 4) is 0 Å². The zero-order valence-electron chi connectivity index (χ0n) is 12.0. The second-order valence-corrected chi connectivity index (χ2v) is 5.08. The van der Waals surface area contributed by atoms with Gasteiger partial charge in [0.2, 0.25) is 0 Å². The summed E-state index contributed by atoms with van der Waals surface area (Å²) < 4.78 is 34.0. The molecule has 1 heterocycles. The topological polar surface area (TPSA) is 24.5 Å². The number of benzene rings is 1. The number of likely N-dealkylation sites (N-methyl/N-ethyl adjacent to an activating group) is 1. The first-order valence-corrected chi connectivity index (χ1v) is 7.13. The first-order valence-electron chi connectivity index (χ1n) is 7.13. The summed E-state index contributed by atoms with van der Waals surface area (Å²) in [6.07, 6.45) is 0.700. The van der Waals surface area contributed by atoms with Gasteiger partial charge in [-0.2, -0.15) is 0 Å². The molecule has 1 fully saturated rings. The van der Waals surface area contributed by atoms with Gasteiger partial charge in [-0.25, -0.2) is 8.78 Å². The molecular formula is C15H22F2N2O. The number of halogens is 2. The van der Waals surface area contributed by atoms with Crippen LogP contribution in [0.15, 0.2) is 18.2 Å². The second kappa shape index (κ2) is 7.11. The highest BCUT2D eigenvalue weighted by atomic mass is 19.1. The van der Waals surface area contributed by atoms with Crippen molar-refractivity contribution < 1.29 is 13.5 Å². The lowest BCUT2D eigenvalue weighted by Gasteiger charge is -2.41. The van der Waals surface area contributed by atoms with Gasteiger partial charge in [0.05, 0.1) is 18.8 Å². The largest absolute Gasteiger partial charge is 0.374 e. The third kappa shape index (κ3) is 3.16. The third-order valence-electron chi connectivity index (χ3n) is 3.67. The average molecular weight is 284 g/mol. The van der Waals surface area contributed by atoms with Gasteiger partial charge in [-0.3, -0.25) is 4.90 Å². The van der Waals surface area contributed by atoms with Crippen LogP contribution in [0.5, 0.6) is 0 Å². The fourth-order valence-corrected chi connectivity index (χ4v) is 2.86. The van der Waals surface area contributed by atoms with Crippen molar-refractivity contribution in [2.45, 2.75) is 25.5 Å². The van der Waals surface area contributed by atoms with Crippen molar-refractivity contribution in [3.63, 3.8) is 0 Å². The van der Waals surface area contributed by atoms with Crippen LogP contribution in [0.3, 0.4) is 0 Å². The molecule has 2 rings (SSSR count). The van der Waals surface area contributed by atoms with Crippen LogP contribution in [-0.2, 0) is 4.74 Å². The zero-order valence-corrected chi connectivity index (χ0v) is 12.0. The molecule has 2 atom stereocenters. The summed E-state index contributed by atoms with van der Waals surface area (Å²) in [6.45, 7) is 4.74. The standard InChI is InChI=1S/C15H22F2N2O/c1-3-7-19-8-9-20-13(10-18-2)15(19)14-11(16)5-4-6-12(14)17/h4-6,13,15,18H,3,7-10H2,1-2H3. The Morgan fingerprint density at radius 2 is 2.05 bits per heavy atom. The Kier molecular flexibility index (Phi) is 5.46. The molecule has 0 saturated carbocycles. The van der Waals surface area contributed by atoms with Crippen LogP contribution < -0.4 is 5.32 Å². The van der Waals surface area contributed by atoms with Crippen LogP contribution in [0.1, 0.15) is 24.9 Å². The molecule has 0 bridgehead atoms. The Hall–Kier alpha value is -1.04. The number of nitrogens with zero attached hydrogens (tertiary/aromatic N) is 1. The van der Waals surface area contributed by atoms with Gasteiger partial charge in [0.25, 0.3) is 0 Å². The van der Waals surface area contributed by atoms with Gasteiger partial charge in [0, 0.05) is 18.7 Å². The first kappa shape index (κ1) is 15.4. The Labute approximate surface area is 118 Å². The molecule has 0 spiro atoms. The number of nitrogens with one attached hydrogen (secondary N) is 1. The maximum absolute atomic E-state index is 14.1. The van der Waals surface area contributed by atoms with Crippen molar-refractivity contribution in [1.82, 2.24) is 10.2 Å². The van der Waals surface area contributed by atoms with E-state index in [1.165, 1.54) is 18.2 Å².